The van der Waals surface area contributed by atoms with E-state index >= 15 is 0 Å². The zero-order valence-corrected chi connectivity index (χ0v) is 12.5. The third-order valence-electron chi connectivity index (χ3n) is 3.97. The lowest BCUT2D eigenvalue weighted by molar-refractivity contribution is 0.142. The molecule has 1 aromatic carbocycles. The van der Waals surface area contributed by atoms with Gasteiger partial charge in [-0.25, -0.2) is 4.79 Å². The Bertz CT molecular complexity index is 684. The number of nitrogens with one attached hydrogen (secondary N) is 2. The molecular weight excluding hydrogens is 282 g/mol. The molecule has 3 rings (SSSR count). The average Bonchev–Trinajstić information content (AvgIpc) is 3.03. The van der Waals surface area contributed by atoms with Gasteiger partial charge in [-0.15, -0.1) is 10.2 Å². The normalized spacial score (nSPS) is 21.2. The maximum Gasteiger partial charge on any atom is 0.315 e. The highest BCUT2D eigenvalue weighted by atomic mass is 16.3. The van der Waals surface area contributed by atoms with Crippen molar-refractivity contribution >= 4 is 6.03 Å². The van der Waals surface area contributed by atoms with Crippen LogP contribution in [0.25, 0.3) is 0 Å². The third kappa shape index (κ3) is 2.67. The van der Waals surface area contributed by atoms with E-state index in [1.807, 2.05) is 38.2 Å². The summed E-state index contributed by atoms with van der Waals surface area (Å²) >= 11 is 0. The van der Waals surface area contributed by atoms with Gasteiger partial charge in [-0.2, -0.15) is 0 Å². The van der Waals surface area contributed by atoms with Gasteiger partial charge in [0.25, 0.3) is 0 Å². The number of aliphatic hydroxyl groups is 1. The first-order valence-electron chi connectivity index (χ1n) is 7.23. The smallest absolute Gasteiger partial charge is 0.315 e. The number of rotatable bonds is 3. The van der Waals surface area contributed by atoms with E-state index in [9.17, 15) is 9.90 Å². The summed E-state index contributed by atoms with van der Waals surface area (Å²) in [5.74, 6) is 0.669. The highest BCUT2D eigenvalue weighted by Gasteiger charge is 2.32. The topological polar surface area (TPSA) is 92.1 Å². The highest BCUT2D eigenvalue weighted by molar-refractivity contribution is 5.75. The van der Waals surface area contributed by atoms with Crippen LogP contribution in [0.1, 0.15) is 36.0 Å². The number of hydrogen-bond acceptors (Lipinski definition) is 4. The molecule has 0 unspecified atom stereocenters. The average molecular weight is 301 g/mol. The molecule has 1 aliphatic carbocycles. The zero-order valence-electron chi connectivity index (χ0n) is 12.5. The first kappa shape index (κ1) is 14.5. The summed E-state index contributed by atoms with van der Waals surface area (Å²) in [7, 11) is 1.82. The van der Waals surface area contributed by atoms with Crippen molar-refractivity contribution in [3.8, 4) is 0 Å². The molecule has 7 heteroatoms. The van der Waals surface area contributed by atoms with Crippen LogP contribution in [-0.2, 0) is 13.5 Å². The van der Waals surface area contributed by atoms with Crippen LogP contribution in [-0.4, -0.2) is 32.0 Å². The van der Waals surface area contributed by atoms with E-state index in [-0.39, 0.29) is 18.1 Å². The van der Waals surface area contributed by atoms with E-state index in [0.717, 1.165) is 11.1 Å². The molecule has 0 saturated heterocycles. The number of carbonyl (C=O) groups is 1. The number of aliphatic hydroxyl groups excluding tert-OH is 1. The quantitative estimate of drug-likeness (QED) is 0.783. The molecule has 116 valence electrons. The van der Waals surface area contributed by atoms with Crippen LogP contribution in [0.3, 0.4) is 0 Å². The fraction of sp³-hybridized carbons (Fsp3) is 0.400. The lowest BCUT2D eigenvalue weighted by Crippen LogP contribution is -2.42. The van der Waals surface area contributed by atoms with E-state index in [0.29, 0.717) is 12.2 Å². The molecule has 7 nitrogen and oxygen atoms in total. The van der Waals surface area contributed by atoms with Crippen LogP contribution < -0.4 is 10.6 Å². The van der Waals surface area contributed by atoms with Gasteiger partial charge in [0.2, 0.25) is 0 Å². The summed E-state index contributed by atoms with van der Waals surface area (Å²) in [6.45, 7) is 1.84. The number of aryl methyl sites for hydroxylation is 1. The first-order valence-corrected chi connectivity index (χ1v) is 7.23. The summed E-state index contributed by atoms with van der Waals surface area (Å²) in [6.07, 6.45) is 1.54. The second-order valence-electron chi connectivity index (χ2n) is 5.59. The van der Waals surface area contributed by atoms with E-state index in [4.69, 9.17) is 0 Å². The van der Waals surface area contributed by atoms with Crippen LogP contribution in [0.2, 0.25) is 0 Å². The minimum absolute atomic E-state index is 0.277. The van der Waals surface area contributed by atoms with Gasteiger partial charge < -0.3 is 20.3 Å². The van der Waals surface area contributed by atoms with Crippen molar-refractivity contribution in [1.82, 2.24) is 25.4 Å². The molecule has 1 aliphatic rings. The molecule has 0 bridgehead atoms. The summed E-state index contributed by atoms with van der Waals surface area (Å²) in [5, 5.41) is 23.6. The summed E-state index contributed by atoms with van der Waals surface area (Å²) in [6, 6.07) is 6.75. The largest absolute Gasteiger partial charge is 0.390 e. The third-order valence-corrected chi connectivity index (χ3v) is 3.97. The monoisotopic (exact) mass is 301 g/mol. The Labute approximate surface area is 128 Å². The predicted octanol–water partition coefficient (Wildman–Crippen LogP) is 0.834. The fourth-order valence-corrected chi connectivity index (χ4v) is 2.88. The van der Waals surface area contributed by atoms with Crippen molar-refractivity contribution in [3.63, 3.8) is 0 Å². The molecule has 2 aromatic rings. The molecule has 0 saturated carbocycles. The molecule has 22 heavy (non-hydrogen) atoms. The van der Waals surface area contributed by atoms with Crippen molar-refractivity contribution in [3.05, 3.63) is 47.5 Å². The number of carbonyl (C=O) groups excluding carboxylic acids is 1. The molecule has 2 amide bonds. The zero-order chi connectivity index (χ0) is 15.7. The Balaban J connectivity index is 1.66. The van der Waals surface area contributed by atoms with E-state index < -0.39 is 6.10 Å². The summed E-state index contributed by atoms with van der Waals surface area (Å²) in [4.78, 5) is 12.2. The fourth-order valence-electron chi connectivity index (χ4n) is 2.88. The molecule has 0 radical (unpaired) electrons. The van der Waals surface area contributed by atoms with Crippen LogP contribution in [0, 0.1) is 0 Å². The summed E-state index contributed by atoms with van der Waals surface area (Å²) in [5.41, 5.74) is 2.04. The van der Waals surface area contributed by atoms with Crippen molar-refractivity contribution in [2.45, 2.75) is 31.5 Å². The second-order valence-corrected chi connectivity index (χ2v) is 5.59. The van der Waals surface area contributed by atoms with Gasteiger partial charge in [0.05, 0.1) is 18.2 Å². The Morgan fingerprint density at radius 2 is 2.23 bits per heavy atom. The van der Waals surface area contributed by atoms with E-state index in [2.05, 4.69) is 20.8 Å². The van der Waals surface area contributed by atoms with Crippen molar-refractivity contribution in [1.29, 1.82) is 0 Å². The number of fused-ring (bicyclic) bond motifs is 1. The van der Waals surface area contributed by atoms with Gasteiger partial charge >= 0.3 is 6.03 Å². The number of hydrogen-bond donors (Lipinski definition) is 3. The molecule has 0 aliphatic heterocycles. The Hall–Kier alpha value is -2.41. The summed E-state index contributed by atoms with van der Waals surface area (Å²) < 4.78 is 1.75. The van der Waals surface area contributed by atoms with Crippen molar-refractivity contribution in [2.75, 3.05) is 0 Å². The predicted molar refractivity (Wildman–Crippen MR) is 80.0 cm³/mol. The standard InChI is InChI=1S/C15H19N5O2/c1-9(14-19-16-8-20(14)2)17-15(22)18-13-11-6-4-3-5-10(11)7-12(13)21/h3-6,8-9,12-13,21H,7H2,1-2H3,(H2,17,18,22)/t9-,12+,13-/m1/s1. The van der Waals surface area contributed by atoms with Crippen LogP contribution in [0.4, 0.5) is 4.79 Å². The molecular formula is C15H19N5O2. The van der Waals surface area contributed by atoms with Crippen molar-refractivity contribution in [2.24, 2.45) is 7.05 Å². The van der Waals surface area contributed by atoms with Gasteiger partial charge in [-0.1, -0.05) is 24.3 Å². The minimum Gasteiger partial charge on any atom is -0.390 e. The Morgan fingerprint density at radius 3 is 2.95 bits per heavy atom. The van der Waals surface area contributed by atoms with Gasteiger partial charge in [0.1, 0.15) is 6.33 Å². The first-order chi connectivity index (χ1) is 10.6. The molecule has 3 N–H and O–H groups in total. The van der Waals surface area contributed by atoms with Gasteiger partial charge in [0, 0.05) is 13.5 Å². The molecule has 3 atom stereocenters. The molecule has 0 spiro atoms. The van der Waals surface area contributed by atoms with Crippen LogP contribution in [0.15, 0.2) is 30.6 Å². The molecule has 1 heterocycles. The van der Waals surface area contributed by atoms with E-state index in [1.165, 1.54) is 0 Å². The number of nitrogens with zero attached hydrogens (tertiary/aromatic N) is 3. The van der Waals surface area contributed by atoms with Gasteiger partial charge in [-0.3, -0.25) is 0 Å². The molecule has 1 aromatic heterocycles. The number of urea groups is 1. The van der Waals surface area contributed by atoms with Crippen molar-refractivity contribution < 1.29 is 9.90 Å². The Kier molecular flexibility index (Phi) is 3.81. The maximum atomic E-state index is 12.2. The van der Waals surface area contributed by atoms with Crippen LogP contribution in [0.5, 0.6) is 0 Å². The van der Waals surface area contributed by atoms with Gasteiger partial charge in [0.15, 0.2) is 5.82 Å². The SMILES string of the molecule is C[C@@H](NC(=O)N[C@@H]1c2ccccc2C[C@@H]1O)c1nncn1C. The lowest BCUT2D eigenvalue weighted by Gasteiger charge is -2.20. The Morgan fingerprint density at radius 1 is 1.45 bits per heavy atom. The maximum absolute atomic E-state index is 12.2. The highest BCUT2D eigenvalue weighted by Crippen LogP contribution is 2.31. The lowest BCUT2D eigenvalue weighted by atomic mass is 10.1. The number of amides is 2. The number of aromatic nitrogens is 3. The number of benzene rings is 1. The molecule has 0 fully saturated rings. The second kappa shape index (κ2) is 5.76. The van der Waals surface area contributed by atoms with Gasteiger partial charge in [-0.05, 0) is 18.1 Å². The minimum atomic E-state index is -0.603. The van der Waals surface area contributed by atoms with Crippen LogP contribution >= 0.6 is 0 Å². The van der Waals surface area contributed by atoms with E-state index in [1.54, 1.807) is 10.9 Å².